The van der Waals surface area contributed by atoms with E-state index in [9.17, 15) is 4.79 Å². The van der Waals surface area contributed by atoms with Gasteiger partial charge in [-0.25, -0.2) is 4.79 Å². The zero-order chi connectivity index (χ0) is 13.1. The van der Waals surface area contributed by atoms with Crippen LogP contribution in [-0.4, -0.2) is 13.1 Å². The highest BCUT2D eigenvalue weighted by atomic mass is 16.5. The predicted molar refractivity (Wildman–Crippen MR) is 72.4 cm³/mol. The van der Waals surface area contributed by atoms with E-state index in [1.165, 1.54) is 12.7 Å². The van der Waals surface area contributed by atoms with Crippen LogP contribution in [0.25, 0.3) is 11.1 Å². The number of carbonyl (C=O) groups is 1. The molecule has 2 N–H and O–H groups in total. The molecule has 2 aromatic rings. The number of nitrogens with two attached hydrogens (primary N) is 1. The molecule has 18 heavy (non-hydrogen) atoms. The molecule has 0 heterocycles. The molecule has 0 atom stereocenters. The summed E-state index contributed by atoms with van der Waals surface area (Å²) in [7, 11) is 1.34. The van der Waals surface area contributed by atoms with Gasteiger partial charge in [-0.1, -0.05) is 35.9 Å². The van der Waals surface area contributed by atoms with Crippen molar-refractivity contribution < 1.29 is 9.53 Å². The highest BCUT2D eigenvalue weighted by Gasteiger charge is 2.10. The quantitative estimate of drug-likeness (QED) is 0.649. The Morgan fingerprint density at radius 3 is 2.22 bits per heavy atom. The topological polar surface area (TPSA) is 52.3 Å². The lowest BCUT2D eigenvalue weighted by Gasteiger charge is -2.07. The molecule has 0 radical (unpaired) electrons. The molecule has 92 valence electrons. The second-order valence-electron chi connectivity index (χ2n) is 4.16. The fourth-order valence-corrected chi connectivity index (χ4v) is 1.78. The summed E-state index contributed by atoms with van der Waals surface area (Å²) in [6.45, 7) is 2.04. The van der Waals surface area contributed by atoms with E-state index in [1.807, 2.05) is 37.3 Å². The molecule has 3 heteroatoms. The lowest BCUT2D eigenvalue weighted by Crippen LogP contribution is -2.05. The standard InChI is InChI=1S/C15H15NO2/c1-10-3-5-11(6-4-10)12-7-8-13(14(16)9-12)15(17)18-2/h3-9H,16H2,1-2H3. The van der Waals surface area contributed by atoms with Gasteiger partial charge in [0.2, 0.25) is 0 Å². The van der Waals surface area contributed by atoms with E-state index >= 15 is 0 Å². The van der Waals surface area contributed by atoms with Gasteiger partial charge in [-0.05, 0) is 30.2 Å². The van der Waals surface area contributed by atoms with E-state index in [-0.39, 0.29) is 0 Å². The van der Waals surface area contributed by atoms with E-state index in [0.717, 1.165) is 11.1 Å². The van der Waals surface area contributed by atoms with Crippen LogP contribution >= 0.6 is 0 Å². The molecule has 0 saturated heterocycles. The highest BCUT2D eigenvalue weighted by Crippen LogP contribution is 2.24. The van der Waals surface area contributed by atoms with E-state index in [4.69, 9.17) is 5.73 Å². The Hall–Kier alpha value is -2.29. The Morgan fingerprint density at radius 2 is 1.67 bits per heavy atom. The van der Waals surface area contributed by atoms with Crippen molar-refractivity contribution in [3.8, 4) is 11.1 Å². The van der Waals surface area contributed by atoms with Gasteiger partial charge in [-0.2, -0.15) is 0 Å². The van der Waals surface area contributed by atoms with Crippen LogP contribution in [0, 0.1) is 6.92 Å². The predicted octanol–water partition coefficient (Wildman–Crippen LogP) is 3.03. The molecule has 0 aliphatic heterocycles. The molecule has 3 nitrogen and oxygen atoms in total. The van der Waals surface area contributed by atoms with Gasteiger partial charge in [0, 0.05) is 5.69 Å². The fraction of sp³-hybridized carbons (Fsp3) is 0.133. The first-order valence-electron chi connectivity index (χ1n) is 5.66. The second-order valence-corrected chi connectivity index (χ2v) is 4.16. The molecule has 0 aliphatic carbocycles. The summed E-state index contributed by atoms with van der Waals surface area (Å²) >= 11 is 0. The second kappa shape index (κ2) is 4.92. The number of carbonyl (C=O) groups excluding carboxylic acids is 1. The number of methoxy groups -OCH3 is 1. The summed E-state index contributed by atoms with van der Waals surface area (Å²) in [5.74, 6) is -0.414. The van der Waals surface area contributed by atoms with Crippen molar-refractivity contribution in [2.75, 3.05) is 12.8 Å². The zero-order valence-corrected chi connectivity index (χ0v) is 10.4. The van der Waals surface area contributed by atoms with Crippen molar-refractivity contribution in [1.29, 1.82) is 0 Å². The first-order valence-corrected chi connectivity index (χ1v) is 5.66. The summed E-state index contributed by atoms with van der Waals surface area (Å²) in [4.78, 5) is 11.4. The van der Waals surface area contributed by atoms with E-state index in [0.29, 0.717) is 11.3 Å². The third-order valence-electron chi connectivity index (χ3n) is 2.84. The smallest absolute Gasteiger partial charge is 0.339 e. The molecule has 0 fully saturated rings. The van der Waals surface area contributed by atoms with Gasteiger partial charge < -0.3 is 10.5 Å². The molecule has 0 bridgehead atoms. The maximum atomic E-state index is 11.4. The Labute approximate surface area is 106 Å². The number of ether oxygens (including phenoxy) is 1. The van der Waals surface area contributed by atoms with Crippen LogP contribution in [0.15, 0.2) is 42.5 Å². The van der Waals surface area contributed by atoms with Gasteiger partial charge in [0.15, 0.2) is 0 Å². The first kappa shape index (κ1) is 12.2. The highest BCUT2D eigenvalue weighted by molar-refractivity contribution is 5.96. The minimum atomic E-state index is -0.414. The molecule has 2 aromatic carbocycles. The number of aryl methyl sites for hydroxylation is 1. The average molecular weight is 241 g/mol. The third kappa shape index (κ3) is 2.35. The molecule has 0 amide bonds. The molecular weight excluding hydrogens is 226 g/mol. The monoisotopic (exact) mass is 241 g/mol. The first-order chi connectivity index (χ1) is 8.61. The van der Waals surface area contributed by atoms with Crippen molar-refractivity contribution >= 4 is 11.7 Å². The minimum absolute atomic E-state index is 0.397. The Balaban J connectivity index is 2.40. The van der Waals surface area contributed by atoms with Gasteiger partial charge in [-0.3, -0.25) is 0 Å². The SMILES string of the molecule is COC(=O)c1ccc(-c2ccc(C)cc2)cc1N. The summed E-state index contributed by atoms with van der Waals surface area (Å²) < 4.78 is 4.66. The van der Waals surface area contributed by atoms with Crippen LogP contribution in [0.4, 0.5) is 5.69 Å². The molecular formula is C15H15NO2. The number of nitrogen functional groups attached to an aromatic ring is 1. The van der Waals surface area contributed by atoms with Crippen molar-refractivity contribution in [3.63, 3.8) is 0 Å². The number of esters is 1. The third-order valence-corrected chi connectivity index (χ3v) is 2.84. The van der Waals surface area contributed by atoms with Crippen LogP contribution in [0.5, 0.6) is 0 Å². The Kier molecular flexibility index (Phi) is 3.33. The van der Waals surface area contributed by atoms with E-state index in [2.05, 4.69) is 4.74 Å². The summed E-state index contributed by atoms with van der Waals surface area (Å²) in [5.41, 5.74) is 9.96. The zero-order valence-electron chi connectivity index (χ0n) is 10.4. The molecule has 0 spiro atoms. The Bertz CT molecular complexity index is 574. The van der Waals surface area contributed by atoms with Gasteiger partial charge >= 0.3 is 5.97 Å². The van der Waals surface area contributed by atoms with Gasteiger partial charge in [0.05, 0.1) is 12.7 Å². The molecule has 0 unspecified atom stereocenters. The lowest BCUT2D eigenvalue weighted by molar-refractivity contribution is 0.0602. The van der Waals surface area contributed by atoms with Crippen molar-refractivity contribution in [1.82, 2.24) is 0 Å². The van der Waals surface area contributed by atoms with Crippen molar-refractivity contribution in [2.24, 2.45) is 0 Å². The summed E-state index contributed by atoms with van der Waals surface area (Å²) in [6, 6.07) is 13.5. The maximum absolute atomic E-state index is 11.4. The van der Waals surface area contributed by atoms with Crippen LogP contribution in [0.3, 0.4) is 0 Å². The van der Waals surface area contributed by atoms with Crippen LogP contribution in [0.1, 0.15) is 15.9 Å². The van der Waals surface area contributed by atoms with Crippen LogP contribution < -0.4 is 5.73 Å². The summed E-state index contributed by atoms with van der Waals surface area (Å²) in [6.07, 6.45) is 0. The number of hydrogen-bond donors (Lipinski definition) is 1. The Morgan fingerprint density at radius 1 is 1.06 bits per heavy atom. The van der Waals surface area contributed by atoms with Gasteiger partial charge in [0.1, 0.15) is 0 Å². The maximum Gasteiger partial charge on any atom is 0.339 e. The van der Waals surface area contributed by atoms with Gasteiger partial charge in [-0.15, -0.1) is 0 Å². The fourth-order valence-electron chi connectivity index (χ4n) is 1.78. The minimum Gasteiger partial charge on any atom is -0.465 e. The molecule has 2 rings (SSSR count). The van der Waals surface area contributed by atoms with Crippen molar-refractivity contribution in [2.45, 2.75) is 6.92 Å². The number of rotatable bonds is 2. The van der Waals surface area contributed by atoms with Crippen LogP contribution in [-0.2, 0) is 4.74 Å². The summed E-state index contributed by atoms with van der Waals surface area (Å²) in [5, 5.41) is 0. The van der Waals surface area contributed by atoms with Crippen molar-refractivity contribution in [3.05, 3.63) is 53.6 Å². The van der Waals surface area contributed by atoms with Crippen LogP contribution in [0.2, 0.25) is 0 Å². The lowest BCUT2D eigenvalue weighted by atomic mass is 10.0. The number of benzene rings is 2. The van der Waals surface area contributed by atoms with E-state index < -0.39 is 5.97 Å². The molecule has 0 saturated carbocycles. The number of anilines is 1. The average Bonchev–Trinajstić information content (AvgIpc) is 2.38. The molecule has 0 aromatic heterocycles. The molecule has 0 aliphatic rings. The number of hydrogen-bond acceptors (Lipinski definition) is 3. The van der Waals surface area contributed by atoms with E-state index in [1.54, 1.807) is 12.1 Å². The largest absolute Gasteiger partial charge is 0.465 e. The van der Waals surface area contributed by atoms with Gasteiger partial charge in [0.25, 0.3) is 0 Å². The normalized spacial score (nSPS) is 10.1.